The number of hydrogen-bond acceptors (Lipinski definition) is 5. The summed E-state index contributed by atoms with van der Waals surface area (Å²) in [5.74, 6) is -0.0593. The minimum Gasteiger partial charge on any atom is -0.355 e. The molecule has 2 aromatic carbocycles. The second kappa shape index (κ2) is 12.7. The Morgan fingerprint density at radius 2 is 1.81 bits per heavy atom. The van der Waals surface area contributed by atoms with E-state index in [1.54, 1.807) is 6.20 Å². The van der Waals surface area contributed by atoms with E-state index in [1.165, 1.54) is 12.8 Å². The molecule has 0 bridgehead atoms. The van der Waals surface area contributed by atoms with Crippen molar-refractivity contribution in [2.75, 3.05) is 32.5 Å². The Hall–Kier alpha value is -3.97. The van der Waals surface area contributed by atoms with Crippen LogP contribution in [0.3, 0.4) is 0 Å². The van der Waals surface area contributed by atoms with Crippen molar-refractivity contribution < 1.29 is 4.79 Å². The molecule has 4 rings (SSSR count). The minimum atomic E-state index is -0.0593. The number of aromatic amines is 1. The second-order valence-corrected chi connectivity index (χ2v) is 9.10. The molecule has 2 aromatic heterocycles. The highest BCUT2D eigenvalue weighted by Crippen LogP contribution is 2.26. The molecule has 7 heteroatoms. The monoisotopic (exact) mass is 482 g/mol. The summed E-state index contributed by atoms with van der Waals surface area (Å²) >= 11 is 0. The highest BCUT2D eigenvalue weighted by atomic mass is 16.1. The topological polar surface area (TPSA) is 85.9 Å². The van der Waals surface area contributed by atoms with Crippen molar-refractivity contribution in [2.24, 2.45) is 0 Å². The number of H-pyrrole nitrogens is 1. The maximum absolute atomic E-state index is 12.9. The molecule has 0 atom stereocenters. The molecule has 0 aliphatic heterocycles. The number of pyridine rings is 1. The first-order valence-corrected chi connectivity index (χ1v) is 12.5. The molecule has 2 heterocycles. The predicted octanol–water partition coefficient (Wildman–Crippen LogP) is 5.72. The van der Waals surface area contributed by atoms with Crippen LogP contribution in [0.25, 0.3) is 23.1 Å². The fourth-order valence-corrected chi connectivity index (χ4v) is 4.03. The molecule has 3 N–H and O–H groups in total. The second-order valence-electron chi connectivity index (χ2n) is 9.10. The van der Waals surface area contributed by atoms with Gasteiger partial charge in [-0.2, -0.15) is 5.10 Å². The van der Waals surface area contributed by atoms with E-state index in [0.717, 1.165) is 53.1 Å². The van der Waals surface area contributed by atoms with Crippen LogP contribution in [0.5, 0.6) is 0 Å². The Bertz CT molecular complexity index is 1300. The minimum absolute atomic E-state index is 0.0593. The standard InChI is InChI=1S/C29H34N6O/c1-35(2)20-10-4-3-8-19-31-29(36)25-12-5-6-13-26(25)32-23-14-16-24-27(33-34-28(24)21-23)17-15-22-11-7-9-18-30-22/h5-7,9,11-18,21,32H,3-4,8,10,19-20H2,1-2H3,(H,31,36)(H,33,34)/b17-15+. The van der Waals surface area contributed by atoms with Gasteiger partial charge >= 0.3 is 0 Å². The third-order valence-electron chi connectivity index (χ3n) is 5.96. The molecular weight excluding hydrogens is 448 g/mol. The average molecular weight is 483 g/mol. The Morgan fingerprint density at radius 3 is 2.64 bits per heavy atom. The lowest BCUT2D eigenvalue weighted by molar-refractivity contribution is 0.0953. The zero-order valence-electron chi connectivity index (χ0n) is 21.0. The first-order valence-electron chi connectivity index (χ1n) is 12.5. The van der Waals surface area contributed by atoms with Crippen molar-refractivity contribution in [3.63, 3.8) is 0 Å². The maximum atomic E-state index is 12.9. The normalized spacial score (nSPS) is 11.4. The maximum Gasteiger partial charge on any atom is 0.253 e. The zero-order valence-corrected chi connectivity index (χ0v) is 21.0. The number of amides is 1. The van der Waals surface area contributed by atoms with E-state index >= 15 is 0 Å². The number of nitrogens with one attached hydrogen (secondary N) is 3. The molecule has 0 spiro atoms. The molecule has 1 amide bonds. The summed E-state index contributed by atoms with van der Waals surface area (Å²) in [6.07, 6.45) is 10.2. The summed E-state index contributed by atoms with van der Waals surface area (Å²) in [5.41, 5.74) is 4.93. The molecule has 186 valence electrons. The van der Waals surface area contributed by atoms with E-state index in [1.807, 2.05) is 72.8 Å². The van der Waals surface area contributed by atoms with Crippen molar-refractivity contribution in [3.05, 3.63) is 83.8 Å². The first kappa shape index (κ1) is 25.1. The molecule has 0 unspecified atom stereocenters. The van der Waals surface area contributed by atoms with Crippen molar-refractivity contribution in [1.82, 2.24) is 25.4 Å². The molecule has 0 saturated carbocycles. The van der Waals surface area contributed by atoms with E-state index in [4.69, 9.17) is 0 Å². The molecule has 0 aliphatic rings. The summed E-state index contributed by atoms with van der Waals surface area (Å²) < 4.78 is 0. The number of carbonyl (C=O) groups excluding carboxylic acids is 1. The van der Waals surface area contributed by atoms with Gasteiger partial charge in [-0.05, 0) is 88.1 Å². The van der Waals surface area contributed by atoms with Gasteiger partial charge in [0, 0.05) is 23.8 Å². The number of hydrogen-bond donors (Lipinski definition) is 3. The molecule has 0 saturated heterocycles. The van der Waals surface area contributed by atoms with E-state index in [0.29, 0.717) is 12.1 Å². The summed E-state index contributed by atoms with van der Waals surface area (Å²) in [4.78, 5) is 19.4. The predicted molar refractivity (Wildman–Crippen MR) is 148 cm³/mol. The van der Waals surface area contributed by atoms with E-state index in [2.05, 4.69) is 44.8 Å². The van der Waals surface area contributed by atoms with Crippen molar-refractivity contribution in [3.8, 4) is 0 Å². The highest BCUT2D eigenvalue weighted by molar-refractivity contribution is 6.00. The molecule has 0 fully saturated rings. The number of nitrogens with zero attached hydrogens (tertiary/aromatic N) is 3. The summed E-state index contributed by atoms with van der Waals surface area (Å²) in [6, 6.07) is 19.4. The van der Waals surface area contributed by atoms with Crippen LogP contribution in [0.15, 0.2) is 66.9 Å². The fourth-order valence-electron chi connectivity index (χ4n) is 4.03. The zero-order chi connectivity index (χ0) is 25.2. The number of anilines is 2. The summed E-state index contributed by atoms with van der Waals surface area (Å²) in [5, 5.41) is 15.0. The molecule has 0 aliphatic carbocycles. The average Bonchev–Trinajstić information content (AvgIpc) is 3.29. The fraction of sp³-hybridized carbons (Fsp3) is 0.276. The van der Waals surface area contributed by atoms with Gasteiger partial charge in [0.05, 0.1) is 28.2 Å². The van der Waals surface area contributed by atoms with Gasteiger partial charge in [-0.15, -0.1) is 0 Å². The lowest BCUT2D eigenvalue weighted by atomic mass is 10.1. The summed E-state index contributed by atoms with van der Waals surface area (Å²) in [7, 11) is 4.19. The molecule has 4 aromatic rings. The van der Waals surface area contributed by atoms with Crippen LogP contribution in [0, 0.1) is 0 Å². The van der Waals surface area contributed by atoms with Crippen molar-refractivity contribution in [2.45, 2.75) is 25.7 Å². The van der Waals surface area contributed by atoms with Gasteiger partial charge in [0.2, 0.25) is 0 Å². The first-order chi connectivity index (χ1) is 17.6. The smallest absolute Gasteiger partial charge is 0.253 e. The SMILES string of the molecule is CN(C)CCCCCCNC(=O)c1ccccc1Nc1ccc2c(/C=C/c3ccccn3)n[nH]c2c1. The van der Waals surface area contributed by atoms with E-state index in [9.17, 15) is 4.79 Å². The quantitative estimate of drug-likeness (QED) is 0.225. The van der Waals surface area contributed by atoms with Crippen LogP contribution in [0.1, 0.15) is 47.4 Å². The lowest BCUT2D eigenvalue weighted by Crippen LogP contribution is -2.25. The van der Waals surface area contributed by atoms with Gasteiger partial charge in [0.1, 0.15) is 0 Å². The van der Waals surface area contributed by atoms with E-state index < -0.39 is 0 Å². The van der Waals surface area contributed by atoms with Gasteiger partial charge < -0.3 is 15.5 Å². The number of rotatable bonds is 12. The third-order valence-corrected chi connectivity index (χ3v) is 5.96. The van der Waals surface area contributed by atoms with Crippen LogP contribution in [0.4, 0.5) is 11.4 Å². The number of aromatic nitrogens is 3. The number of unbranched alkanes of at least 4 members (excludes halogenated alkanes) is 3. The van der Waals surface area contributed by atoms with Crippen LogP contribution in [-0.2, 0) is 0 Å². The van der Waals surface area contributed by atoms with Crippen molar-refractivity contribution in [1.29, 1.82) is 0 Å². The van der Waals surface area contributed by atoms with Crippen molar-refractivity contribution >= 4 is 40.3 Å². The van der Waals surface area contributed by atoms with Gasteiger partial charge in [-0.25, -0.2) is 0 Å². The number of carbonyl (C=O) groups is 1. The van der Waals surface area contributed by atoms with Gasteiger partial charge in [-0.3, -0.25) is 14.9 Å². The number of benzene rings is 2. The Kier molecular flexibility index (Phi) is 8.83. The van der Waals surface area contributed by atoms with Gasteiger partial charge in [0.15, 0.2) is 0 Å². The lowest BCUT2D eigenvalue weighted by Gasteiger charge is -2.13. The van der Waals surface area contributed by atoms with Gasteiger partial charge in [-0.1, -0.05) is 31.0 Å². The Labute approximate surface area is 212 Å². The Balaban J connectivity index is 1.37. The van der Waals surface area contributed by atoms with Crippen LogP contribution in [0.2, 0.25) is 0 Å². The van der Waals surface area contributed by atoms with Crippen LogP contribution >= 0.6 is 0 Å². The molecule has 0 radical (unpaired) electrons. The van der Waals surface area contributed by atoms with Gasteiger partial charge in [0.25, 0.3) is 5.91 Å². The molecule has 36 heavy (non-hydrogen) atoms. The largest absolute Gasteiger partial charge is 0.355 e. The molecule has 7 nitrogen and oxygen atoms in total. The summed E-state index contributed by atoms with van der Waals surface area (Å²) in [6.45, 7) is 1.79. The highest BCUT2D eigenvalue weighted by Gasteiger charge is 2.11. The van der Waals surface area contributed by atoms with Crippen LogP contribution < -0.4 is 10.6 Å². The number of para-hydroxylation sites is 1. The molecular formula is C29H34N6O. The third kappa shape index (κ3) is 7.02. The number of fused-ring (bicyclic) bond motifs is 1. The Morgan fingerprint density at radius 1 is 0.972 bits per heavy atom. The van der Waals surface area contributed by atoms with Crippen LogP contribution in [-0.4, -0.2) is 53.2 Å². The van der Waals surface area contributed by atoms with E-state index in [-0.39, 0.29) is 5.91 Å².